The van der Waals surface area contributed by atoms with Gasteiger partial charge in [0, 0.05) is 0 Å². The van der Waals surface area contributed by atoms with Crippen molar-refractivity contribution in [2.24, 2.45) is 5.92 Å². The van der Waals surface area contributed by atoms with E-state index in [0.717, 1.165) is 19.1 Å². The van der Waals surface area contributed by atoms with Gasteiger partial charge in [-0.25, -0.2) is 0 Å². The van der Waals surface area contributed by atoms with Crippen LogP contribution in [0.4, 0.5) is 0 Å². The minimum absolute atomic E-state index is 0.200. The number of rotatable bonds is 7. The fraction of sp³-hybridized carbons (Fsp3) is 0.438. The van der Waals surface area contributed by atoms with E-state index in [1.165, 1.54) is 10.0 Å². The first kappa shape index (κ1) is 15.2. The summed E-state index contributed by atoms with van der Waals surface area (Å²) in [6.07, 6.45) is 5.59. The third kappa shape index (κ3) is 5.66. The van der Waals surface area contributed by atoms with E-state index in [2.05, 4.69) is 39.0 Å². The Morgan fingerprint density at radius 1 is 1.28 bits per heavy atom. The Hall–Kier alpha value is -0.851. The van der Waals surface area contributed by atoms with Gasteiger partial charge in [-0.3, -0.25) is 0 Å². The van der Waals surface area contributed by atoms with Gasteiger partial charge < -0.3 is 0 Å². The number of carbonyl (C=O) groups is 1. The molecule has 0 aliphatic carbocycles. The predicted octanol–water partition coefficient (Wildman–Crippen LogP) is 3.39. The van der Waals surface area contributed by atoms with Gasteiger partial charge in [-0.15, -0.1) is 0 Å². The third-order valence-corrected chi connectivity index (χ3v) is 5.81. The molecule has 0 aromatic heterocycles. The fourth-order valence-corrected chi connectivity index (χ4v) is 3.94. The van der Waals surface area contributed by atoms with Crippen LogP contribution in [0.15, 0.2) is 42.0 Å². The molecule has 0 heterocycles. The summed E-state index contributed by atoms with van der Waals surface area (Å²) < 4.78 is 1.32. The van der Waals surface area contributed by atoms with Crippen molar-refractivity contribution >= 4 is 25.7 Å². The number of allylic oxidation sites excluding steroid dienone is 2. The number of aldehydes is 1. The van der Waals surface area contributed by atoms with Crippen molar-refractivity contribution in [3.63, 3.8) is 0 Å². The van der Waals surface area contributed by atoms with Crippen LogP contribution in [0, 0.1) is 5.92 Å². The van der Waals surface area contributed by atoms with Crippen LogP contribution < -0.4 is 4.46 Å². The Bertz CT molecular complexity index is 379. The molecular formula is C16H22OSe. The average Bonchev–Trinajstić information content (AvgIpc) is 2.36. The van der Waals surface area contributed by atoms with Crippen molar-refractivity contribution in [3.05, 3.63) is 42.0 Å². The molecular weight excluding hydrogens is 287 g/mol. The third-order valence-electron chi connectivity index (χ3n) is 2.88. The summed E-state index contributed by atoms with van der Waals surface area (Å²) in [4.78, 5) is 11.4. The van der Waals surface area contributed by atoms with Crippen LogP contribution in [0.1, 0.15) is 33.6 Å². The van der Waals surface area contributed by atoms with Crippen LogP contribution >= 0.6 is 0 Å². The average molecular weight is 309 g/mol. The zero-order valence-corrected chi connectivity index (χ0v) is 13.1. The van der Waals surface area contributed by atoms with Crippen LogP contribution in [0.3, 0.4) is 0 Å². The Kier molecular flexibility index (Phi) is 7.00. The molecule has 0 bridgehead atoms. The van der Waals surface area contributed by atoms with Gasteiger partial charge >= 0.3 is 117 Å². The Balaban J connectivity index is 2.50. The molecule has 2 atom stereocenters. The van der Waals surface area contributed by atoms with Crippen LogP contribution in [-0.4, -0.2) is 21.2 Å². The number of carbonyl (C=O) groups excluding carboxylic acids is 1. The van der Waals surface area contributed by atoms with Gasteiger partial charge in [0.05, 0.1) is 0 Å². The molecule has 0 spiro atoms. The molecule has 0 aliphatic heterocycles. The predicted molar refractivity (Wildman–Crippen MR) is 79.5 cm³/mol. The van der Waals surface area contributed by atoms with Crippen molar-refractivity contribution in [1.29, 1.82) is 0 Å². The summed E-state index contributed by atoms with van der Waals surface area (Å²) in [6.45, 7) is 6.44. The second kappa shape index (κ2) is 8.29. The summed E-state index contributed by atoms with van der Waals surface area (Å²) in [6, 6.07) is 10.4. The summed E-state index contributed by atoms with van der Waals surface area (Å²) in [7, 11) is 0. The fourth-order valence-electron chi connectivity index (χ4n) is 1.73. The molecule has 0 saturated carbocycles. The first-order chi connectivity index (χ1) is 8.63. The van der Waals surface area contributed by atoms with Crippen LogP contribution in [0.5, 0.6) is 0 Å². The maximum atomic E-state index is 11.2. The molecule has 0 N–H and O–H groups in total. The summed E-state index contributed by atoms with van der Waals surface area (Å²) in [5.74, 6) is 0.471. The van der Waals surface area contributed by atoms with Gasteiger partial charge in [0.25, 0.3) is 0 Å². The second-order valence-corrected chi connectivity index (χ2v) is 7.49. The molecule has 1 rings (SSSR count). The van der Waals surface area contributed by atoms with E-state index in [1.807, 2.05) is 18.2 Å². The second-order valence-electron chi connectivity index (χ2n) is 4.87. The Labute approximate surface area is 117 Å². The van der Waals surface area contributed by atoms with Crippen molar-refractivity contribution in [3.8, 4) is 0 Å². The summed E-state index contributed by atoms with van der Waals surface area (Å²) in [5, 5.41) is 0. The standard InChI is InChI=1S/C16H22OSe/c1-13(2)8-7-9-14(3)16(12-17)18-15-10-5-4-6-11-15/h4-6,8,10-12,14,16H,7,9H2,1-3H3/t14-,16?/m1/s1. The van der Waals surface area contributed by atoms with E-state index in [-0.39, 0.29) is 19.8 Å². The van der Waals surface area contributed by atoms with Gasteiger partial charge in [-0.1, -0.05) is 0 Å². The van der Waals surface area contributed by atoms with E-state index in [9.17, 15) is 4.79 Å². The molecule has 0 fully saturated rings. The number of hydrogen-bond acceptors (Lipinski definition) is 1. The van der Waals surface area contributed by atoms with E-state index >= 15 is 0 Å². The zero-order chi connectivity index (χ0) is 13.4. The molecule has 1 nitrogen and oxygen atoms in total. The van der Waals surface area contributed by atoms with Gasteiger partial charge in [0.15, 0.2) is 0 Å². The van der Waals surface area contributed by atoms with E-state index in [0.29, 0.717) is 5.92 Å². The Morgan fingerprint density at radius 3 is 2.50 bits per heavy atom. The molecule has 0 radical (unpaired) electrons. The topological polar surface area (TPSA) is 17.1 Å². The number of benzene rings is 1. The van der Waals surface area contributed by atoms with E-state index < -0.39 is 0 Å². The van der Waals surface area contributed by atoms with Gasteiger partial charge in [0.1, 0.15) is 0 Å². The van der Waals surface area contributed by atoms with Gasteiger partial charge in [0.2, 0.25) is 0 Å². The molecule has 1 aromatic carbocycles. The van der Waals surface area contributed by atoms with Gasteiger partial charge in [-0.05, 0) is 0 Å². The maximum absolute atomic E-state index is 11.2. The van der Waals surface area contributed by atoms with E-state index in [1.54, 1.807) is 0 Å². The van der Waals surface area contributed by atoms with Crippen LogP contribution in [0.2, 0.25) is 4.82 Å². The number of hydrogen-bond donors (Lipinski definition) is 0. The molecule has 0 aliphatic rings. The molecule has 0 amide bonds. The van der Waals surface area contributed by atoms with Gasteiger partial charge in [-0.2, -0.15) is 0 Å². The van der Waals surface area contributed by atoms with Crippen molar-refractivity contribution in [2.45, 2.75) is 38.4 Å². The van der Waals surface area contributed by atoms with E-state index in [4.69, 9.17) is 0 Å². The van der Waals surface area contributed by atoms with Crippen molar-refractivity contribution < 1.29 is 4.79 Å². The molecule has 1 unspecified atom stereocenters. The molecule has 0 saturated heterocycles. The summed E-state index contributed by atoms with van der Waals surface area (Å²) >= 11 is 0.257. The molecule has 18 heavy (non-hydrogen) atoms. The summed E-state index contributed by atoms with van der Waals surface area (Å²) in [5.41, 5.74) is 1.36. The first-order valence-electron chi connectivity index (χ1n) is 6.44. The Morgan fingerprint density at radius 2 is 1.94 bits per heavy atom. The quantitative estimate of drug-likeness (QED) is 0.429. The van der Waals surface area contributed by atoms with Crippen LogP contribution in [0.25, 0.3) is 0 Å². The zero-order valence-electron chi connectivity index (χ0n) is 11.4. The minimum atomic E-state index is 0.200. The molecule has 1 aromatic rings. The van der Waals surface area contributed by atoms with Crippen LogP contribution in [-0.2, 0) is 4.79 Å². The normalized spacial score (nSPS) is 13.7. The molecule has 2 heteroatoms. The molecule has 98 valence electrons. The van der Waals surface area contributed by atoms with Crippen molar-refractivity contribution in [1.82, 2.24) is 0 Å². The SMILES string of the molecule is CC(C)=CCC[C@@H](C)C(C=O)[Se]c1ccccc1. The first-order valence-corrected chi connectivity index (χ1v) is 8.28. The van der Waals surface area contributed by atoms with Crippen molar-refractivity contribution in [2.75, 3.05) is 0 Å². The monoisotopic (exact) mass is 310 g/mol.